The number of rotatable bonds is 2. The van der Waals surface area contributed by atoms with Crippen molar-refractivity contribution in [1.29, 1.82) is 0 Å². The first kappa shape index (κ1) is 4.14. The van der Waals surface area contributed by atoms with Gasteiger partial charge in [-0.15, -0.1) is 4.91 Å². The smallest absolute Gasteiger partial charge is 0.0540 e. The number of hydrogen-bond donors (Lipinski definition) is 1. The molecule has 0 aromatic heterocycles. The van der Waals surface area contributed by atoms with E-state index in [4.69, 9.17) is 4.91 Å². The molecule has 0 saturated heterocycles. The molecular weight excluding hydrogens is 68.0 g/mol. The Morgan fingerprint density at radius 1 is 2.00 bits per heavy atom. The molecule has 0 heterocycles. The Morgan fingerprint density at radius 3 is 2.60 bits per heavy atom. The summed E-state index contributed by atoms with van der Waals surface area (Å²) in [4.78, 5) is 8.97. The lowest BCUT2D eigenvalue weighted by Gasteiger charge is -1.68. The molecule has 3 heteroatoms. The third kappa shape index (κ3) is 3.14. The van der Waals surface area contributed by atoms with Gasteiger partial charge in [0.05, 0.1) is 5.29 Å². The van der Waals surface area contributed by atoms with E-state index < -0.39 is 0 Å². The monoisotopic (exact) mass is 72.0 g/mol. The molecule has 5 heavy (non-hydrogen) atoms. The minimum Gasteiger partial charge on any atom is -0.250 e. The van der Waals surface area contributed by atoms with E-state index in [-0.39, 0.29) is 0 Å². The van der Waals surface area contributed by atoms with Gasteiger partial charge >= 0.3 is 0 Å². The van der Waals surface area contributed by atoms with Crippen molar-refractivity contribution in [2.75, 3.05) is 0 Å². The van der Waals surface area contributed by atoms with Crippen LogP contribution < -0.4 is 5.43 Å². The molecule has 0 aliphatic carbocycles. The third-order valence-electron chi connectivity index (χ3n) is 0.144. The van der Waals surface area contributed by atoms with E-state index in [1.165, 1.54) is 6.20 Å². The molecule has 28 valence electrons. The number of nitrogens with zero attached hydrogens (tertiary/aromatic N) is 1. The summed E-state index contributed by atoms with van der Waals surface area (Å²) in [5.74, 6) is 0. The predicted octanol–water partition coefficient (Wildman–Crippen LogP) is 0.401. The summed E-state index contributed by atoms with van der Waals surface area (Å²) in [6.45, 7) is 3.15. The summed E-state index contributed by atoms with van der Waals surface area (Å²) < 4.78 is 0. The van der Waals surface area contributed by atoms with E-state index >= 15 is 0 Å². The molecule has 0 saturated carbocycles. The van der Waals surface area contributed by atoms with Crippen LogP contribution in [0.5, 0.6) is 0 Å². The molecule has 0 radical (unpaired) electrons. The van der Waals surface area contributed by atoms with Crippen LogP contribution in [0.3, 0.4) is 0 Å². The van der Waals surface area contributed by atoms with Crippen LogP contribution in [0.4, 0.5) is 0 Å². The molecular formula is C2H4N2O. The predicted molar refractivity (Wildman–Crippen MR) is 19.1 cm³/mol. The summed E-state index contributed by atoms with van der Waals surface area (Å²) in [6, 6.07) is 0. The topological polar surface area (TPSA) is 41.5 Å². The summed E-state index contributed by atoms with van der Waals surface area (Å²) in [5, 5.41) is 2.24. The summed E-state index contributed by atoms with van der Waals surface area (Å²) in [7, 11) is 0. The van der Waals surface area contributed by atoms with Crippen molar-refractivity contribution in [3.63, 3.8) is 0 Å². The molecule has 0 spiro atoms. The van der Waals surface area contributed by atoms with Crippen LogP contribution in [0, 0.1) is 4.91 Å². The first-order chi connectivity index (χ1) is 2.41. The Balaban J connectivity index is 2.65. The van der Waals surface area contributed by atoms with Crippen LogP contribution in [0.1, 0.15) is 0 Å². The highest BCUT2D eigenvalue weighted by Crippen LogP contribution is 1.46. The minimum atomic E-state index is 1.20. The fourth-order valence-corrected chi connectivity index (χ4v) is 0.0373. The highest BCUT2D eigenvalue weighted by atomic mass is 16.3. The lowest BCUT2D eigenvalue weighted by atomic mass is 11.1. The van der Waals surface area contributed by atoms with Gasteiger partial charge in [-0.05, 0) is 0 Å². The summed E-state index contributed by atoms with van der Waals surface area (Å²) in [6.07, 6.45) is 1.20. The van der Waals surface area contributed by atoms with Crippen molar-refractivity contribution in [2.24, 2.45) is 5.29 Å². The van der Waals surface area contributed by atoms with Gasteiger partial charge in [0.15, 0.2) is 0 Å². The Kier molecular flexibility index (Phi) is 2.60. The fourth-order valence-electron chi connectivity index (χ4n) is 0.0373. The molecule has 0 aromatic rings. The van der Waals surface area contributed by atoms with E-state index in [1.807, 2.05) is 5.43 Å². The van der Waals surface area contributed by atoms with E-state index in [2.05, 4.69) is 11.9 Å². The second-order valence-corrected chi connectivity index (χ2v) is 0.425. The Hall–Kier alpha value is -0.860. The summed E-state index contributed by atoms with van der Waals surface area (Å²) in [5.41, 5.74) is 1.94. The number of hydrogen-bond acceptors (Lipinski definition) is 2. The second kappa shape index (κ2) is 3.14. The van der Waals surface area contributed by atoms with Crippen LogP contribution in [0.15, 0.2) is 18.1 Å². The van der Waals surface area contributed by atoms with E-state index in [0.717, 1.165) is 0 Å². The van der Waals surface area contributed by atoms with Crippen molar-refractivity contribution in [2.45, 2.75) is 0 Å². The molecule has 3 nitrogen and oxygen atoms in total. The van der Waals surface area contributed by atoms with Gasteiger partial charge in [0.1, 0.15) is 0 Å². The van der Waals surface area contributed by atoms with Crippen LogP contribution in [0.25, 0.3) is 0 Å². The number of nitrogens with one attached hydrogen (secondary N) is 1. The summed E-state index contributed by atoms with van der Waals surface area (Å²) >= 11 is 0. The SMILES string of the molecule is C=CNN=O. The lowest BCUT2D eigenvalue weighted by Crippen LogP contribution is -1.85. The maximum atomic E-state index is 8.97. The molecule has 0 aromatic carbocycles. The van der Waals surface area contributed by atoms with Crippen molar-refractivity contribution >= 4 is 0 Å². The lowest BCUT2D eigenvalue weighted by molar-refractivity contribution is 0.958. The molecule has 0 bridgehead atoms. The van der Waals surface area contributed by atoms with E-state index in [9.17, 15) is 0 Å². The molecule has 0 amide bonds. The zero-order chi connectivity index (χ0) is 4.12. The van der Waals surface area contributed by atoms with Gasteiger partial charge in [-0.2, -0.15) is 0 Å². The van der Waals surface area contributed by atoms with Crippen molar-refractivity contribution < 1.29 is 0 Å². The quantitative estimate of drug-likeness (QED) is 0.379. The zero-order valence-corrected chi connectivity index (χ0v) is 2.64. The molecule has 0 atom stereocenters. The minimum absolute atomic E-state index is 1.20. The Bertz CT molecular complexity index is 36.9. The Morgan fingerprint density at radius 2 is 2.60 bits per heavy atom. The van der Waals surface area contributed by atoms with Crippen molar-refractivity contribution in [3.05, 3.63) is 17.7 Å². The number of nitroso groups, excluding NO2 is 1. The van der Waals surface area contributed by atoms with Gasteiger partial charge in [-0.3, -0.25) is 5.43 Å². The van der Waals surface area contributed by atoms with Gasteiger partial charge < -0.3 is 0 Å². The Labute approximate surface area is 29.6 Å². The highest BCUT2D eigenvalue weighted by molar-refractivity contribution is 4.55. The average molecular weight is 72.1 g/mol. The van der Waals surface area contributed by atoms with Crippen LogP contribution in [-0.2, 0) is 0 Å². The van der Waals surface area contributed by atoms with Gasteiger partial charge in [-0.1, -0.05) is 6.58 Å². The van der Waals surface area contributed by atoms with Gasteiger partial charge in [0.25, 0.3) is 0 Å². The first-order valence-corrected chi connectivity index (χ1v) is 1.10. The van der Waals surface area contributed by atoms with E-state index in [1.54, 1.807) is 0 Å². The van der Waals surface area contributed by atoms with Gasteiger partial charge in [0.2, 0.25) is 0 Å². The maximum absolute atomic E-state index is 8.97. The normalized spacial score (nSPS) is 5.60. The molecule has 0 fully saturated rings. The third-order valence-corrected chi connectivity index (χ3v) is 0.144. The largest absolute Gasteiger partial charge is 0.250 e. The second-order valence-electron chi connectivity index (χ2n) is 0.425. The molecule has 0 unspecified atom stereocenters. The fraction of sp³-hybridized carbons (Fsp3) is 0. The standard InChI is InChI=1S/C2H4N2O/c1-2-3-4-5/h2H,1H2,(H,3,5). The van der Waals surface area contributed by atoms with Crippen molar-refractivity contribution in [3.8, 4) is 0 Å². The molecule has 0 aliphatic heterocycles. The van der Waals surface area contributed by atoms with Crippen LogP contribution >= 0.6 is 0 Å². The van der Waals surface area contributed by atoms with Gasteiger partial charge in [0, 0.05) is 6.20 Å². The van der Waals surface area contributed by atoms with Gasteiger partial charge in [-0.25, -0.2) is 0 Å². The van der Waals surface area contributed by atoms with Crippen LogP contribution in [0.2, 0.25) is 0 Å². The van der Waals surface area contributed by atoms with E-state index in [0.29, 0.717) is 0 Å². The molecule has 1 N–H and O–H groups in total. The molecule has 0 rings (SSSR count). The van der Waals surface area contributed by atoms with Crippen LogP contribution in [-0.4, -0.2) is 0 Å². The highest BCUT2D eigenvalue weighted by Gasteiger charge is 1.50. The molecule has 0 aliphatic rings. The zero-order valence-electron chi connectivity index (χ0n) is 2.64. The average Bonchev–Trinajstić information content (AvgIpc) is 1.41. The first-order valence-electron chi connectivity index (χ1n) is 1.10. The van der Waals surface area contributed by atoms with Crippen molar-refractivity contribution in [1.82, 2.24) is 5.43 Å². The maximum Gasteiger partial charge on any atom is 0.0540 e.